The third-order valence-corrected chi connectivity index (χ3v) is 5.72. The molecule has 0 radical (unpaired) electrons. The van der Waals surface area contributed by atoms with E-state index in [1.807, 2.05) is 60.7 Å². The first-order chi connectivity index (χ1) is 17.2. The molecule has 0 bridgehead atoms. The van der Waals surface area contributed by atoms with Crippen molar-refractivity contribution < 1.29 is 4.92 Å². The molecule has 35 heavy (non-hydrogen) atoms. The molecule has 1 aliphatic heterocycles. The van der Waals surface area contributed by atoms with Gasteiger partial charge in [-0.25, -0.2) is 14.4 Å². The van der Waals surface area contributed by atoms with Gasteiger partial charge in [0.15, 0.2) is 11.6 Å². The van der Waals surface area contributed by atoms with Gasteiger partial charge in [0, 0.05) is 30.3 Å². The number of non-ortho nitro benzene ring substituents is 1. The minimum atomic E-state index is -0.421. The molecule has 1 aliphatic rings. The fourth-order valence-electron chi connectivity index (χ4n) is 4.00. The quantitative estimate of drug-likeness (QED) is 0.296. The van der Waals surface area contributed by atoms with Gasteiger partial charge in [-0.1, -0.05) is 48.5 Å². The Morgan fingerprint density at radius 1 is 0.886 bits per heavy atom. The molecule has 0 saturated heterocycles. The van der Waals surface area contributed by atoms with E-state index in [0.717, 1.165) is 22.4 Å². The molecule has 0 unspecified atom stereocenters. The molecule has 0 aliphatic carbocycles. The lowest BCUT2D eigenvalue weighted by atomic mass is 10.1. The van der Waals surface area contributed by atoms with Crippen LogP contribution < -0.4 is 5.43 Å². The zero-order valence-corrected chi connectivity index (χ0v) is 18.3. The zero-order chi connectivity index (χ0) is 23.8. The van der Waals surface area contributed by atoms with E-state index in [2.05, 4.69) is 20.6 Å². The maximum absolute atomic E-state index is 11.1. The Labute approximate surface area is 199 Å². The second-order valence-electron chi connectivity index (χ2n) is 7.95. The monoisotopic (exact) mass is 462 g/mol. The lowest BCUT2D eigenvalue weighted by molar-refractivity contribution is -0.384. The van der Waals surface area contributed by atoms with Crippen molar-refractivity contribution >= 4 is 23.7 Å². The molecule has 0 spiro atoms. The molecular formula is C25H18N8O2. The molecule has 3 aromatic carbocycles. The van der Waals surface area contributed by atoms with Crippen LogP contribution in [0.15, 0.2) is 89.9 Å². The number of para-hydroxylation sites is 1. The third kappa shape index (κ3) is 3.72. The number of nitro groups is 1. The Morgan fingerprint density at radius 2 is 1.60 bits per heavy atom. The molecule has 0 atom stereocenters. The van der Waals surface area contributed by atoms with Crippen LogP contribution in [-0.4, -0.2) is 35.8 Å². The first kappa shape index (κ1) is 20.5. The number of hydrogen-bond acceptors (Lipinski definition) is 7. The molecule has 170 valence electrons. The summed E-state index contributed by atoms with van der Waals surface area (Å²) in [5.41, 5.74) is 7.49. The van der Waals surface area contributed by atoms with Crippen LogP contribution in [0.25, 0.3) is 16.9 Å². The highest BCUT2D eigenvalue weighted by molar-refractivity contribution is 5.97. The summed E-state index contributed by atoms with van der Waals surface area (Å²) in [6.07, 6.45) is 2.27. The number of anilines is 1. The molecule has 10 heteroatoms. The number of fused-ring (bicyclic) bond motifs is 2. The normalized spacial score (nSPS) is 11.9. The SMILES string of the molecule is O=[N+]([O-])c1ccc(-c2nn(-c3ccccc3)c3c2C=Nc2nnc(Cc4ccccc4)n2N3)cc1. The fraction of sp³-hybridized carbons (Fsp3) is 0.0400. The molecule has 10 nitrogen and oxygen atoms in total. The summed E-state index contributed by atoms with van der Waals surface area (Å²) >= 11 is 0. The average molecular weight is 462 g/mol. The Hall–Kier alpha value is -5.12. The van der Waals surface area contributed by atoms with E-state index in [4.69, 9.17) is 5.10 Å². The molecule has 5 aromatic rings. The smallest absolute Gasteiger partial charge is 0.270 e. The Bertz CT molecular complexity index is 1550. The van der Waals surface area contributed by atoms with Gasteiger partial charge >= 0.3 is 0 Å². The lowest BCUT2D eigenvalue weighted by Gasteiger charge is -2.12. The Morgan fingerprint density at radius 3 is 2.31 bits per heavy atom. The van der Waals surface area contributed by atoms with E-state index in [-0.39, 0.29) is 5.69 Å². The van der Waals surface area contributed by atoms with Crippen molar-refractivity contribution in [2.45, 2.75) is 6.42 Å². The second kappa shape index (κ2) is 8.34. The van der Waals surface area contributed by atoms with Gasteiger partial charge in [-0.3, -0.25) is 15.5 Å². The lowest BCUT2D eigenvalue weighted by Crippen LogP contribution is -2.16. The number of hydrogen-bond donors (Lipinski definition) is 1. The van der Waals surface area contributed by atoms with Gasteiger partial charge in [0.05, 0.1) is 16.2 Å². The van der Waals surface area contributed by atoms with Gasteiger partial charge in [-0.05, 0) is 29.8 Å². The van der Waals surface area contributed by atoms with Crippen molar-refractivity contribution in [2.24, 2.45) is 4.99 Å². The van der Waals surface area contributed by atoms with Crippen LogP contribution in [0.4, 0.5) is 17.5 Å². The van der Waals surface area contributed by atoms with E-state index in [1.165, 1.54) is 12.1 Å². The molecule has 6 rings (SSSR count). The predicted molar refractivity (Wildman–Crippen MR) is 131 cm³/mol. The van der Waals surface area contributed by atoms with E-state index in [0.29, 0.717) is 29.7 Å². The summed E-state index contributed by atoms with van der Waals surface area (Å²) < 4.78 is 3.55. The number of rotatable bonds is 5. The maximum atomic E-state index is 11.1. The van der Waals surface area contributed by atoms with Crippen LogP contribution in [0.1, 0.15) is 17.0 Å². The van der Waals surface area contributed by atoms with Crippen LogP contribution in [0.2, 0.25) is 0 Å². The molecule has 3 heterocycles. The van der Waals surface area contributed by atoms with Gasteiger partial charge in [-0.2, -0.15) is 5.10 Å². The number of nitrogens with zero attached hydrogens (tertiary/aromatic N) is 7. The molecule has 1 N–H and O–H groups in total. The summed E-state index contributed by atoms with van der Waals surface area (Å²) in [7, 11) is 0. The van der Waals surface area contributed by atoms with Gasteiger partial charge < -0.3 is 0 Å². The fourth-order valence-corrected chi connectivity index (χ4v) is 4.00. The van der Waals surface area contributed by atoms with Crippen molar-refractivity contribution in [3.05, 3.63) is 112 Å². The van der Waals surface area contributed by atoms with Gasteiger partial charge in [0.1, 0.15) is 5.69 Å². The summed E-state index contributed by atoms with van der Waals surface area (Å²) in [6.45, 7) is 0. The van der Waals surface area contributed by atoms with Gasteiger partial charge in [-0.15, -0.1) is 10.2 Å². The van der Waals surface area contributed by atoms with Crippen molar-refractivity contribution in [1.29, 1.82) is 0 Å². The molecule has 0 amide bonds. The summed E-state index contributed by atoms with van der Waals surface area (Å²) in [4.78, 5) is 15.3. The van der Waals surface area contributed by atoms with Crippen molar-refractivity contribution in [1.82, 2.24) is 24.7 Å². The minimum Gasteiger partial charge on any atom is -0.272 e. The number of nitro benzene ring substituents is 1. The second-order valence-corrected chi connectivity index (χ2v) is 7.95. The Kier molecular flexibility index (Phi) is 4.88. The third-order valence-electron chi connectivity index (χ3n) is 5.72. The average Bonchev–Trinajstić information content (AvgIpc) is 3.39. The topological polar surface area (TPSA) is 116 Å². The van der Waals surface area contributed by atoms with E-state index >= 15 is 0 Å². The van der Waals surface area contributed by atoms with Gasteiger partial charge in [0.2, 0.25) is 0 Å². The van der Waals surface area contributed by atoms with Crippen LogP contribution in [0.3, 0.4) is 0 Å². The van der Waals surface area contributed by atoms with E-state index in [1.54, 1.807) is 27.7 Å². The molecular weight excluding hydrogens is 444 g/mol. The minimum absolute atomic E-state index is 0.0193. The van der Waals surface area contributed by atoms with Crippen LogP contribution >= 0.6 is 0 Å². The van der Waals surface area contributed by atoms with Crippen molar-refractivity contribution in [2.75, 3.05) is 5.43 Å². The van der Waals surface area contributed by atoms with Crippen LogP contribution in [0.5, 0.6) is 0 Å². The number of aromatic nitrogens is 5. The first-order valence-electron chi connectivity index (χ1n) is 10.9. The number of nitrogens with one attached hydrogen (secondary N) is 1. The predicted octanol–water partition coefficient (Wildman–Crippen LogP) is 4.57. The largest absolute Gasteiger partial charge is 0.272 e. The highest BCUT2D eigenvalue weighted by atomic mass is 16.6. The van der Waals surface area contributed by atoms with E-state index < -0.39 is 4.92 Å². The molecule has 2 aromatic heterocycles. The number of aliphatic imine (C=N–C) groups is 1. The van der Waals surface area contributed by atoms with Gasteiger partial charge in [0.25, 0.3) is 11.6 Å². The molecule has 0 saturated carbocycles. The highest BCUT2D eigenvalue weighted by Crippen LogP contribution is 2.33. The first-order valence-corrected chi connectivity index (χ1v) is 10.9. The summed E-state index contributed by atoms with van der Waals surface area (Å²) in [5.74, 6) is 1.80. The highest BCUT2D eigenvalue weighted by Gasteiger charge is 2.25. The van der Waals surface area contributed by atoms with Crippen molar-refractivity contribution in [3.8, 4) is 16.9 Å². The summed E-state index contributed by atoms with van der Waals surface area (Å²) in [5, 5.41) is 24.6. The summed E-state index contributed by atoms with van der Waals surface area (Å²) in [6, 6.07) is 26.1. The van der Waals surface area contributed by atoms with Crippen LogP contribution in [0, 0.1) is 10.1 Å². The zero-order valence-electron chi connectivity index (χ0n) is 18.3. The number of benzene rings is 3. The van der Waals surface area contributed by atoms with E-state index in [9.17, 15) is 10.1 Å². The maximum Gasteiger partial charge on any atom is 0.270 e. The standard InChI is InChI=1S/C25H18N8O2/c34-33(35)20-13-11-18(12-14-20)23-21-16-26-25-28-27-22(15-17-7-3-1-4-8-17)32(25)30-24(21)31(29-23)19-9-5-2-6-10-19/h1-14,16,30H,15H2. The van der Waals surface area contributed by atoms with Crippen molar-refractivity contribution in [3.63, 3.8) is 0 Å². The molecule has 0 fully saturated rings. The Balaban J connectivity index is 1.48. The van der Waals surface area contributed by atoms with Crippen LogP contribution in [-0.2, 0) is 6.42 Å².